The first-order valence-corrected chi connectivity index (χ1v) is 4.46. The SMILES string of the molecule is CS(=O)(=O)C(CF)C(F)(F)F. The second-order valence-electron chi connectivity index (χ2n) is 2.01. The van der Waals surface area contributed by atoms with Crippen molar-refractivity contribution in [2.75, 3.05) is 12.9 Å². The van der Waals surface area contributed by atoms with E-state index in [0.29, 0.717) is 6.26 Å². The molecule has 0 amide bonds. The van der Waals surface area contributed by atoms with E-state index < -0.39 is 27.9 Å². The lowest BCUT2D eigenvalue weighted by molar-refractivity contribution is -0.132. The maximum Gasteiger partial charge on any atom is 0.408 e. The molecule has 0 heterocycles. The zero-order valence-electron chi connectivity index (χ0n) is 5.52. The van der Waals surface area contributed by atoms with Gasteiger partial charge in [-0.2, -0.15) is 13.2 Å². The van der Waals surface area contributed by atoms with Gasteiger partial charge in [0.1, 0.15) is 6.67 Å². The summed E-state index contributed by atoms with van der Waals surface area (Å²) in [6.07, 6.45) is -4.66. The lowest BCUT2D eigenvalue weighted by Crippen LogP contribution is -2.37. The van der Waals surface area contributed by atoms with Crippen molar-refractivity contribution in [3.8, 4) is 0 Å². The van der Waals surface area contributed by atoms with Crippen LogP contribution in [0.25, 0.3) is 0 Å². The summed E-state index contributed by atoms with van der Waals surface area (Å²) in [5, 5.41) is -2.88. The normalized spacial score (nSPS) is 16.5. The van der Waals surface area contributed by atoms with Crippen LogP contribution in [0.2, 0.25) is 0 Å². The Morgan fingerprint density at radius 3 is 1.73 bits per heavy atom. The zero-order chi connectivity index (χ0) is 9.28. The quantitative estimate of drug-likeness (QED) is 0.613. The van der Waals surface area contributed by atoms with Crippen LogP contribution in [0, 0.1) is 0 Å². The zero-order valence-corrected chi connectivity index (χ0v) is 6.34. The number of halogens is 4. The van der Waals surface area contributed by atoms with Gasteiger partial charge in [0.25, 0.3) is 0 Å². The maximum absolute atomic E-state index is 11.6. The molecular formula is C4H6F4O2S. The monoisotopic (exact) mass is 194 g/mol. The largest absolute Gasteiger partial charge is 0.408 e. The van der Waals surface area contributed by atoms with Crippen LogP contribution in [0.5, 0.6) is 0 Å². The summed E-state index contributed by atoms with van der Waals surface area (Å²) in [5.74, 6) is 0. The highest BCUT2D eigenvalue weighted by Gasteiger charge is 2.46. The molecule has 0 aliphatic heterocycles. The van der Waals surface area contributed by atoms with E-state index in [9.17, 15) is 26.0 Å². The van der Waals surface area contributed by atoms with Crippen molar-refractivity contribution in [1.82, 2.24) is 0 Å². The molecule has 68 valence electrons. The van der Waals surface area contributed by atoms with Crippen molar-refractivity contribution in [2.24, 2.45) is 0 Å². The first-order chi connectivity index (χ1) is 4.69. The Bertz CT molecular complexity index is 217. The fourth-order valence-electron chi connectivity index (χ4n) is 0.445. The lowest BCUT2D eigenvalue weighted by Gasteiger charge is -2.14. The van der Waals surface area contributed by atoms with Crippen molar-refractivity contribution >= 4 is 9.84 Å². The van der Waals surface area contributed by atoms with Gasteiger partial charge in [-0.25, -0.2) is 12.8 Å². The molecule has 0 saturated carbocycles. The van der Waals surface area contributed by atoms with Gasteiger partial charge < -0.3 is 0 Å². The van der Waals surface area contributed by atoms with E-state index in [1.165, 1.54) is 0 Å². The molecule has 1 atom stereocenters. The molecule has 0 aliphatic rings. The van der Waals surface area contributed by atoms with Crippen LogP contribution in [0.3, 0.4) is 0 Å². The van der Waals surface area contributed by atoms with Gasteiger partial charge >= 0.3 is 6.18 Å². The molecule has 0 N–H and O–H groups in total. The van der Waals surface area contributed by atoms with Crippen LogP contribution >= 0.6 is 0 Å². The van der Waals surface area contributed by atoms with Crippen molar-refractivity contribution in [1.29, 1.82) is 0 Å². The number of alkyl halides is 4. The minimum Gasteiger partial charge on any atom is -0.249 e. The van der Waals surface area contributed by atoms with Crippen LogP contribution in [-0.2, 0) is 9.84 Å². The molecule has 0 rings (SSSR count). The molecular weight excluding hydrogens is 188 g/mol. The fraction of sp³-hybridized carbons (Fsp3) is 1.00. The molecule has 0 saturated heterocycles. The molecule has 11 heavy (non-hydrogen) atoms. The Labute approximate surface area is 61.1 Å². The van der Waals surface area contributed by atoms with E-state index in [1.807, 2.05) is 0 Å². The highest BCUT2D eigenvalue weighted by Crippen LogP contribution is 2.25. The summed E-state index contributed by atoms with van der Waals surface area (Å²) >= 11 is 0. The van der Waals surface area contributed by atoms with E-state index in [4.69, 9.17) is 0 Å². The first-order valence-electron chi connectivity index (χ1n) is 2.51. The van der Waals surface area contributed by atoms with Gasteiger partial charge in [0, 0.05) is 6.26 Å². The molecule has 0 aromatic rings. The average Bonchev–Trinajstić information content (AvgIpc) is 1.56. The summed E-state index contributed by atoms with van der Waals surface area (Å²) in [6.45, 7) is -1.93. The molecule has 1 unspecified atom stereocenters. The van der Waals surface area contributed by atoms with Gasteiger partial charge in [-0.05, 0) is 0 Å². The smallest absolute Gasteiger partial charge is 0.249 e. The van der Waals surface area contributed by atoms with E-state index in [-0.39, 0.29) is 0 Å². The Morgan fingerprint density at radius 2 is 1.73 bits per heavy atom. The minimum absolute atomic E-state index is 0.352. The number of hydrogen-bond acceptors (Lipinski definition) is 2. The van der Waals surface area contributed by atoms with Crippen LogP contribution in [0.1, 0.15) is 0 Å². The van der Waals surface area contributed by atoms with Crippen LogP contribution in [-0.4, -0.2) is 32.8 Å². The number of hydrogen-bond donors (Lipinski definition) is 0. The third kappa shape index (κ3) is 3.04. The van der Waals surface area contributed by atoms with E-state index in [2.05, 4.69) is 0 Å². The molecule has 0 spiro atoms. The summed E-state index contributed by atoms with van der Waals surface area (Å²) in [4.78, 5) is 0. The molecule has 7 heteroatoms. The molecule has 0 aliphatic carbocycles. The van der Waals surface area contributed by atoms with Gasteiger partial charge in [0.2, 0.25) is 0 Å². The van der Waals surface area contributed by atoms with Gasteiger partial charge in [0.15, 0.2) is 15.1 Å². The predicted octanol–water partition coefficient (Wildman–Crippen LogP) is 0.931. The Hall–Kier alpha value is -0.330. The van der Waals surface area contributed by atoms with Crippen LogP contribution in [0.15, 0.2) is 0 Å². The Morgan fingerprint density at radius 1 is 1.36 bits per heavy atom. The summed E-state index contributed by atoms with van der Waals surface area (Å²) in [6, 6.07) is 0. The molecule has 0 aromatic carbocycles. The van der Waals surface area contributed by atoms with Crippen LogP contribution in [0.4, 0.5) is 17.6 Å². The fourth-order valence-corrected chi connectivity index (χ4v) is 1.16. The van der Waals surface area contributed by atoms with E-state index >= 15 is 0 Å². The van der Waals surface area contributed by atoms with Crippen LogP contribution < -0.4 is 0 Å². The highest BCUT2D eigenvalue weighted by atomic mass is 32.2. The van der Waals surface area contributed by atoms with Crippen molar-refractivity contribution in [3.63, 3.8) is 0 Å². The Balaban J connectivity index is 4.72. The highest BCUT2D eigenvalue weighted by molar-refractivity contribution is 7.91. The lowest BCUT2D eigenvalue weighted by atomic mass is 10.4. The topological polar surface area (TPSA) is 34.1 Å². The molecule has 2 nitrogen and oxygen atoms in total. The molecule has 0 fully saturated rings. The second kappa shape index (κ2) is 2.96. The average molecular weight is 194 g/mol. The minimum atomic E-state index is -5.01. The van der Waals surface area contributed by atoms with E-state index in [0.717, 1.165) is 0 Å². The van der Waals surface area contributed by atoms with Gasteiger partial charge in [-0.1, -0.05) is 0 Å². The van der Waals surface area contributed by atoms with Gasteiger partial charge in [-0.3, -0.25) is 0 Å². The van der Waals surface area contributed by atoms with Crippen molar-refractivity contribution in [2.45, 2.75) is 11.4 Å². The number of rotatable bonds is 2. The summed E-state index contributed by atoms with van der Waals surface area (Å²) < 4.78 is 66.8. The van der Waals surface area contributed by atoms with E-state index in [1.54, 1.807) is 0 Å². The summed E-state index contributed by atoms with van der Waals surface area (Å²) in [5.41, 5.74) is 0. The molecule has 0 aromatic heterocycles. The molecule has 0 radical (unpaired) electrons. The predicted molar refractivity (Wildman–Crippen MR) is 30.7 cm³/mol. The van der Waals surface area contributed by atoms with Crippen molar-refractivity contribution < 1.29 is 26.0 Å². The third-order valence-electron chi connectivity index (χ3n) is 1.02. The third-order valence-corrected chi connectivity index (χ3v) is 2.45. The number of sulfone groups is 1. The standard InChI is InChI=1S/C4H6F4O2S/c1-11(9,10)3(2-5)4(6,7)8/h3H,2H2,1H3. The molecule has 0 bridgehead atoms. The van der Waals surface area contributed by atoms with Gasteiger partial charge in [-0.15, -0.1) is 0 Å². The first kappa shape index (κ1) is 10.7. The van der Waals surface area contributed by atoms with Crippen molar-refractivity contribution in [3.05, 3.63) is 0 Å². The van der Waals surface area contributed by atoms with Gasteiger partial charge in [0.05, 0.1) is 0 Å². The second-order valence-corrected chi connectivity index (χ2v) is 4.24. The maximum atomic E-state index is 11.6. The Kier molecular flexibility index (Phi) is 2.87. The summed E-state index contributed by atoms with van der Waals surface area (Å²) in [7, 11) is -4.37.